The van der Waals surface area contributed by atoms with E-state index in [1.807, 2.05) is 72.0 Å². The maximum absolute atomic E-state index is 6.34. The summed E-state index contributed by atoms with van der Waals surface area (Å²) in [5.41, 5.74) is 9.19. The molecule has 3 heterocycles. The van der Waals surface area contributed by atoms with Gasteiger partial charge in [-0.3, -0.25) is 0 Å². The zero-order chi connectivity index (χ0) is 33.0. The second kappa shape index (κ2) is 11.6. The molecule has 0 aliphatic heterocycles. The Balaban J connectivity index is 1.14. The average molecular weight is 658 g/mol. The number of benzene rings is 7. The average Bonchev–Trinajstić information content (AvgIpc) is 3.76. The molecular weight excluding hydrogens is 631 g/mol. The smallest absolute Gasteiger partial charge is 0.164 e. The molecule has 4 nitrogen and oxygen atoms in total. The lowest BCUT2D eigenvalue weighted by molar-refractivity contribution is 0.669. The van der Waals surface area contributed by atoms with Crippen molar-refractivity contribution in [3.05, 3.63) is 164 Å². The number of hydrogen-bond donors (Lipinski definition) is 0. The van der Waals surface area contributed by atoms with Crippen LogP contribution in [0.1, 0.15) is 0 Å². The van der Waals surface area contributed by atoms with Crippen molar-refractivity contribution in [2.24, 2.45) is 0 Å². The molecule has 5 heteroatoms. The lowest BCUT2D eigenvalue weighted by Crippen LogP contribution is -2.00. The number of furan rings is 1. The van der Waals surface area contributed by atoms with E-state index >= 15 is 0 Å². The van der Waals surface area contributed by atoms with Crippen LogP contribution in [0.4, 0.5) is 0 Å². The second-order valence-electron chi connectivity index (χ2n) is 12.4. The van der Waals surface area contributed by atoms with E-state index in [0.717, 1.165) is 49.8 Å². The van der Waals surface area contributed by atoms with Crippen LogP contribution in [0.15, 0.2) is 168 Å². The molecule has 10 rings (SSSR count). The first-order valence-corrected chi connectivity index (χ1v) is 17.4. The van der Waals surface area contributed by atoms with Crippen LogP contribution in [0, 0.1) is 0 Å². The molecule has 0 spiro atoms. The molecule has 0 unspecified atom stereocenters. The first-order valence-electron chi connectivity index (χ1n) is 16.6. The highest BCUT2D eigenvalue weighted by Gasteiger charge is 2.17. The van der Waals surface area contributed by atoms with E-state index in [2.05, 4.69) is 103 Å². The number of hydrogen-bond acceptors (Lipinski definition) is 5. The van der Waals surface area contributed by atoms with Crippen molar-refractivity contribution >= 4 is 53.4 Å². The van der Waals surface area contributed by atoms with E-state index in [-0.39, 0.29) is 0 Å². The van der Waals surface area contributed by atoms with Gasteiger partial charge >= 0.3 is 0 Å². The fraction of sp³-hybridized carbons (Fsp3) is 0. The SMILES string of the molecule is c1ccc(-c2ccc3c(c2)sc2ccc(-c4nc(-c5ccccc5)nc(-c5ccc6oc7cccc(-c8ccccc8)c7c6c5)n4)cc23)cc1. The molecule has 0 N–H and O–H groups in total. The Morgan fingerprint density at radius 2 is 0.960 bits per heavy atom. The van der Waals surface area contributed by atoms with Crippen LogP contribution in [0.3, 0.4) is 0 Å². The van der Waals surface area contributed by atoms with Crippen molar-refractivity contribution in [1.29, 1.82) is 0 Å². The van der Waals surface area contributed by atoms with E-state index in [0.29, 0.717) is 17.5 Å². The van der Waals surface area contributed by atoms with Crippen LogP contribution in [0.5, 0.6) is 0 Å². The van der Waals surface area contributed by atoms with Gasteiger partial charge < -0.3 is 4.42 Å². The lowest BCUT2D eigenvalue weighted by atomic mass is 9.99. The molecular formula is C45H27N3OS. The van der Waals surface area contributed by atoms with Crippen molar-refractivity contribution in [3.8, 4) is 56.4 Å². The van der Waals surface area contributed by atoms with Gasteiger partial charge in [0.2, 0.25) is 0 Å². The minimum atomic E-state index is 0.616. The lowest BCUT2D eigenvalue weighted by Gasteiger charge is -2.09. The first kappa shape index (κ1) is 28.6. The molecule has 0 aliphatic carbocycles. The first-order chi connectivity index (χ1) is 24.7. The van der Waals surface area contributed by atoms with Crippen molar-refractivity contribution in [2.75, 3.05) is 0 Å². The van der Waals surface area contributed by atoms with Gasteiger partial charge in [-0.15, -0.1) is 11.3 Å². The Kier molecular flexibility index (Phi) is 6.64. The second-order valence-corrected chi connectivity index (χ2v) is 13.5. The van der Waals surface area contributed by atoms with Gasteiger partial charge in [-0.25, -0.2) is 15.0 Å². The van der Waals surface area contributed by atoms with Gasteiger partial charge in [-0.1, -0.05) is 115 Å². The van der Waals surface area contributed by atoms with Crippen molar-refractivity contribution in [2.45, 2.75) is 0 Å². The molecule has 0 fully saturated rings. The number of thiophene rings is 1. The third-order valence-electron chi connectivity index (χ3n) is 9.34. The quantitative estimate of drug-likeness (QED) is 0.185. The summed E-state index contributed by atoms with van der Waals surface area (Å²) in [7, 11) is 0. The summed E-state index contributed by atoms with van der Waals surface area (Å²) in [6.45, 7) is 0. The molecule has 50 heavy (non-hydrogen) atoms. The fourth-order valence-electron chi connectivity index (χ4n) is 6.90. The van der Waals surface area contributed by atoms with Crippen LogP contribution in [0.25, 0.3) is 98.5 Å². The third kappa shape index (κ3) is 4.87. The molecule has 0 radical (unpaired) electrons. The van der Waals surface area contributed by atoms with E-state index < -0.39 is 0 Å². The summed E-state index contributed by atoms with van der Waals surface area (Å²) in [5.74, 6) is 1.89. The summed E-state index contributed by atoms with van der Waals surface area (Å²) in [6, 6.07) is 56.9. The largest absolute Gasteiger partial charge is 0.456 e. The number of rotatable bonds is 5. The number of aromatic nitrogens is 3. The fourth-order valence-corrected chi connectivity index (χ4v) is 8.03. The van der Waals surface area contributed by atoms with E-state index in [1.165, 1.54) is 31.3 Å². The summed E-state index contributed by atoms with van der Waals surface area (Å²) < 4.78 is 8.83. The zero-order valence-corrected chi connectivity index (χ0v) is 27.6. The van der Waals surface area contributed by atoms with Gasteiger partial charge in [-0.05, 0) is 70.8 Å². The Bertz CT molecular complexity index is 2860. The molecule has 3 aromatic heterocycles. The number of nitrogens with zero attached hydrogens (tertiary/aromatic N) is 3. The molecule has 0 amide bonds. The van der Waals surface area contributed by atoms with Crippen LogP contribution < -0.4 is 0 Å². The van der Waals surface area contributed by atoms with E-state index in [4.69, 9.17) is 19.4 Å². The van der Waals surface area contributed by atoms with Gasteiger partial charge in [0, 0.05) is 47.6 Å². The zero-order valence-electron chi connectivity index (χ0n) is 26.7. The Morgan fingerprint density at radius 1 is 0.360 bits per heavy atom. The monoisotopic (exact) mass is 657 g/mol. The summed E-state index contributed by atoms with van der Waals surface area (Å²) in [6.07, 6.45) is 0. The van der Waals surface area contributed by atoms with Gasteiger partial charge in [0.1, 0.15) is 11.2 Å². The van der Waals surface area contributed by atoms with Gasteiger partial charge in [0.25, 0.3) is 0 Å². The molecule has 0 aliphatic rings. The predicted molar refractivity (Wildman–Crippen MR) is 207 cm³/mol. The van der Waals surface area contributed by atoms with Crippen LogP contribution in [-0.4, -0.2) is 15.0 Å². The highest BCUT2D eigenvalue weighted by Crippen LogP contribution is 2.40. The third-order valence-corrected chi connectivity index (χ3v) is 10.5. The summed E-state index contributed by atoms with van der Waals surface area (Å²) >= 11 is 1.81. The molecule has 0 saturated heterocycles. The maximum atomic E-state index is 6.34. The highest BCUT2D eigenvalue weighted by molar-refractivity contribution is 7.25. The highest BCUT2D eigenvalue weighted by atomic mass is 32.1. The molecule has 0 atom stereocenters. The Hall–Kier alpha value is -6.43. The van der Waals surface area contributed by atoms with Crippen LogP contribution >= 0.6 is 11.3 Å². The minimum absolute atomic E-state index is 0.616. The molecule has 7 aromatic carbocycles. The molecule has 0 saturated carbocycles. The molecule has 0 bridgehead atoms. The summed E-state index contributed by atoms with van der Waals surface area (Å²) in [5, 5.41) is 4.54. The maximum Gasteiger partial charge on any atom is 0.164 e. The predicted octanol–water partition coefficient (Wildman–Crippen LogP) is 12.5. The van der Waals surface area contributed by atoms with E-state index in [9.17, 15) is 0 Å². The minimum Gasteiger partial charge on any atom is -0.456 e. The molecule has 234 valence electrons. The standard InChI is InChI=1S/C45H27N3OS/c1-4-11-28(12-5-1)31-19-22-35-36-25-33(21-24-40(36)50-41(35)27-31)45-47-43(30-15-8-3-9-16-30)46-44(48-45)32-20-23-38-37(26-32)42-34(17-10-18-39(42)49-38)29-13-6-2-7-14-29/h1-27H. The van der Waals surface area contributed by atoms with Gasteiger partial charge in [-0.2, -0.15) is 0 Å². The Labute approximate surface area is 292 Å². The van der Waals surface area contributed by atoms with Crippen molar-refractivity contribution < 1.29 is 4.42 Å². The van der Waals surface area contributed by atoms with E-state index in [1.54, 1.807) is 0 Å². The normalized spacial score (nSPS) is 11.6. The van der Waals surface area contributed by atoms with Gasteiger partial charge in [0.15, 0.2) is 17.5 Å². The molecule has 10 aromatic rings. The number of fused-ring (bicyclic) bond motifs is 6. The van der Waals surface area contributed by atoms with Crippen LogP contribution in [-0.2, 0) is 0 Å². The Morgan fingerprint density at radius 3 is 1.68 bits per heavy atom. The van der Waals surface area contributed by atoms with Gasteiger partial charge in [0.05, 0.1) is 0 Å². The van der Waals surface area contributed by atoms with Crippen molar-refractivity contribution in [1.82, 2.24) is 15.0 Å². The van der Waals surface area contributed by atoms with Crippen molar-refractivity contribution in [3.63, 3.8) is 0 Å². The summed E-state index contributed by atoms with van der Waals surface area (Å²) in [4.78, 5) is 15.2. The van der Waals surface area contributed by atoms with Crippen LogP contribution in [0.2, 0.25) is 0 Å². The topological polar surface area (TPSA) is 51.8 Å².